The Labute approximate surface area is 175 Å². The lowest BCUT2D eigenvalue weighted by Crippen LogP contribution is -2.31. The number of rotatable bonds is 7. The van der Waals surface area contributed by atoms with Crippen molar-refractivity contribution in [1.82, 2.24) is 5.32 Å². The van der Waals surface area contributed by atoms with Crippen LogP contribution < -0.4 is 10.6 Å². The lowest BCUT2D eigenvalue weighted by Gasteiger charge is -2.18. The summed E-state index contributed by atoms with van der Waals surface area (Å²) < 4.78 is 25.7. The van der Waals surface area contributed by atoms with Gasteiger partial charge < -0.3 is 10.6 Å². The second-order valence-electron chi connectivity index (χ2n) is 7.14. The molecule has 0 radical (unpaired) electrons. The second kappa shape index (κ2) is 9.00. The smallest absolute Gasteiger partial charge is 0.234 e. The highest BCUT2D eigenvalue weighted by atomic mass is 32.2. The van der Waals surface area contributed by atoms with E-state index in [4.69, 9.17) is 0 Å². The van der Waals surface area contributed by atoms with E-state index in [9.17, 15) is 18.0 Å². The molecule has 8 heteroatoms. The van der Waals surface area contributed by atoms with E-state index in [1.54, 1.807) is 19.1 Å². The summed E-state index contributed by atoms with van der Waals surface area (Å²) in [5.74, 6) is -0.128. The summed E-state index contributed by atoms with van der Waals surface area (Å²) in [6.07, 6.45) is 0.595. The van der Waals surface area contributed by atoms with Crippen LogP contribution in [0.1, 0.15) is 24.5 Å². The molecule has 2 amide bonds. The average Bonchev–Trinajstić information content (AvgIpc) is 2.69. The molecule has 0 aliphatic carbocycles. The quantitative estimate of drug-likeness (QED) is 0.702. The number of fused-ring (bicyclic) bond motifs is 1. The lowest BCUT2D eigenvalue weighted by atomic mass is 10.1. The molecule has 29 heavy (non-hydrogen) atoms. The summed E-state index contributed by atoms with van der Waals surface area (Å²) in [6.45, 7) is 4.03. The highest BCUT2D eigenvalue weighted by molar-refractivity contribution is 8.00. The van der Waals surface area contributed by atoms with Gasteiger partial charge in [-0.1, -0.05) is 29.8 Å². The topological polar surface area (TPSA) is 92.3 Å². The first-order valence-electron chi connectivity index (χ1n) is 9.38. The number of thioether (sulfide) groups is 1. The van der Waals surface area contributed by atoms with E-state index in [0.717, 1.165) is 10.5 Å². The minimum absolute atomic E-state index is 0.100. The molecule has 0 spiro atoms. The highest BCUT2D eigenvalue weighted by Gasteiger charge is 2.27. The number of amides is 2. The Morgan fingerprint density at radius 1 is 1.21 bits per heavy atom. The molecule has 2 N–H and O–H groups in total. The maximum atomic E-state index is 12.9. The molecular weight excluding hydrogens is 408 g/mol. The first-order valence-corrected chi connectivity index (χ1v) is 11.9. The van der Waals surface area contributed by atoms with Crippen molar-refractivity contribution in [2.75, 3.05) is 17.6 Å². The fourth-order valence-electron chi connectivity index (χ4n) is 3.01. The molecule has 1 aliphatic heterocycles. The molecule has 0 saturated heterocycles. The Hall–Kier alpha value is -2.32. The van der Waals surface area contributed by atoms with E-state index >= 15 is 0 Å². The largest absolute Gasteiger partial charge is 0.356 e. The van der Waals surface area contributed by atoms with Gasteiger partial charge in [-0.3, -0.25) is 9.59 Å². The molecule has 6 nitrogen and oxygen atoms in total. The number of benzene rings is 2. The van der Waals surface area contributed by atoms with Crippen molar-refractivity contribution in [2.45, 2.75) is 41.7 Å². The third-order valence-corrected chi connectivity index (χ3v) is 7.97. The second-order valence-corrected chi connectivity index (χ2v) is 10.5. The molecule has 1 unspecified atom stereocenters. The Morgan fingerprint density at radius 2 is 1.93 bits per heavy atom. The maximum absolute atomic E-state index is 12.9. The number of carbonyl (C=O) groups is 2. The van der Waals surface area contributed by atoms with E-state index in [-0.39, 0.29) is 28.9 Å². The van der Waals surface area contributed by atoms with E-state index in [1.807, 2.05) is 31.2 Å². The number of carbonyl (C=O) groups excluding carboxylic acids is 2. The van der Waals surface area contributed by atoms with Crippen LogP contribution in [-0.2, 0) is 25.8 Å². The molecule has 1 heterocycles. The SMILES string of the molecule is Cc1ccc(CCNC(=O)CC(C)S(=O)(=O)c2ccc3c(c2)SCC(=O)N3)cc1. The molecule has 0 bridgehead atoms. The van der Waals surface area contributed by atoms with Gasteiger partial charge in [0, 0.05) is 17.9 Å². The Kier molecular flexibility index (Phi) is 6.64. The van der Waals surface area contributed by atoms with Gasteiger partial charge in [0.2, 0.25) is 11.8 Å². The number of sulfone groups is 1. The minimum Gasteiger partial charge on any atom is -0.356 e. The molecular formula is C21H24N2O4S2. The van der Waals surface area contributed by atoms with Crippen molar-refractivity contribution >= 4 is 39.1 Å². The van der Waals surface area contributed by atoms with Gasteiger partial charge in [-0.2, -0.15) is 0 Å². The summed E-state index contributed by atoms with van der Waals surface area (Å²) in [7, 11) is -3.65. The zero-order valence-electron chi connectivity index (χ0n) is 16.4. The van der Waals surface area contributed by atoms with Gasteiger partial charge in [0.25, 0.3) is 0 Å². The van der Waals surface area contributed by atoms with Crippen LogP contribution in [0.25, 0.3) is 0 Å². The Balaban J connectivity index is 1.57. The first-order chi connectivity index (χ1) is 13.8. The normalized spacial score (nSPS) is 14.6. The molecule has 0 saturated carbocycles. The van der Waals surface area contributed by atoms with Gasteiger partial charge >= 0.3 is 0 Å². The van der Waals surface area contributed by atoms with Crippen molar-refractivity contribution < 1.29 is 18.0 Å². The first kappa shape index (κ1) is 21.4. The number of anilines is 1. The average molecular weight is 433 g/mol. The molecule has 0 aromatic heterocycles. The summed E-state index contributed by atoms with van der Waals surface area (Å²) in [5, 5.41) is 4.68. The minimum atomic E-state index is -3.65. The predicted molar refractivity (Wildman–Crippen MR) is 115 cm³/mol. The predicted octanol–water partition coefficient (Wildman–Crippen LogP) is 2.95. The molecule has 2 aromatic carbocycles. The van der Waals surface area contributed by atoms with Crippen molar-refractivity contribution in [3.05, 3.63) is 53.6 Å². The van der Waals surface area contributed by atoms with Gasteiger partial charge in [-0.25, -0.2) is 8.42 Å². The van der Waals surface area contributed by atoms with Crippen molar-refractivity contribution in [3.63, 3.8) is 0 Å². The molecule has 2 aromatic rings. The van der Waals surface area contributed by atoms with Gasteiger partial charge in [0.05, 0.1) is 21.6 Å². The van der Waals surface area contributed by atoms with Crippen LogP contribution in [0.5, 0.6) is 0 Å². The van der Waals surface area contributed by atoms with Crippen LogP contribution >= 0.6 is 11.8 Å². The zero-order valence-corrected chi connectivity index (χ0v) is 18.0. The summed E-state index contributed by atoms with van der Waals surface area (Å²) in [5.41, 5.74) is 2.92. The molecule has 154 valence electrons. The van der Waals surface area contributed by atoms with Crippen LogP contribution in [0.4, 0.5) is 5.69 Å². The van der Waals surface area contributed by atoms with E-state index in [1.165, 1.54) is 23.4 Å². The van der Waals surface area contributed by atoms with Crippen LogP contribution in [-0.4, -0.2) is 37.8 Å². The van der Waals surface area contributed by atoms with Gasteiger partial charge in [-0.15, -0.1) is 11.8 Å². The summed E-state index contributed by atoms with van der Waals surface area (Å²) in [4.78, 5) is 24.5. The van der Waals surface area contributed by atoms with E-state index in [0.29, 0.717) is 18.7 Å². The van der Waals surface area contributed by atoms with Crippen LogP contribution in [0, 0.1) is 6.92 Å². The maximum Gasteiger partial charge on any atom is 0.234 e. The van der Waals surface area contributed by atoms with Crippen LogP contribution in [0.15, 0.2) is 52.3 Å². The Morgan fingerprint density at radius 3 is 2.66 bits per heavy atom. The molecule has 3 rings (SSSR count). The fraction of sp³-hybridized carbons (Fsp3) is 0.333. The lowest BCUT2D eigenvalue weighted by molar-refractivity contribution is -0.121. The van der Waals surface area contributed by atoms with Crippen LogP contribution in [0.3, 0.4) is 0 Å². The number of aryl methyl sites for hydroxylation is 1. The standard InChI is InChI=1S/C21H24N2O4S2/c1-14-3-5-16(6-4-14)9-10-22-20(24)11-15(2)29(26,27)17-7-8-18-19(12-17)28-13-21(25)23-18/h3-8,12,15H,9-11,13H2,1-2H3,(H,22,24)(H,23,25). The third kappa shape index (κ3) is 5.39. The molecule has 1 aliphatic rings. The fourth-order valence-corrected chi connectivity index (χ4v) is 5.30. The van der Waals surface area contributed by atoms with Crippen molar-refractivity contribution in [3.8, 4) is 0 Å². The highest BCUT2D eigenvalue weighted by Crippen LogP contribution is 2.34. The molecule has 0 fully saturated rings. The Bertz CT molecular complexity index is 1020. The number of hydrogen-bond donors (Lipinski definition) is 2. The van der Waals surface area contributed by atoms with Gasteiger partial charge in [-0.05, 0) is 44.0 Å². The number of nitrogens with one attached hydrogen (secondary N) is 2. The van der Waals surface area contributed by atoms with Crippen LogP contribution in [0.2, 0.25) is 0 Å². The van der Waals surface area contributed by atoms with E-state index < -0.39 is 15.1 Å². The van der Waals surface area contributed by atoms with Crippen molar-refractivity contribution in [1.29, 1.82) is 0 Å². The zero-order chi connectivity index (χ0) is 21.0. The monoisotopic (exact) mass is 432 g/mol. The third-order valence-electron chi connectivity index (χ3n) is 4.77. The summed E-state index contributed by atoms with van der Waals surface area (Å²) in [6, 6.07) is 12.7. The van der Waals surface area contributed by atoms with Gasteiger partial charge in [0.15, 0.2) is 9.84 Å². The van der Waals surface area contributed by atoms with Gasteiger partial charge in [0.1, 0.15) is 0 Å². The molecule has 1 atom stereocenters. The summed E-state index contributed by atoms with van der Waals surface area (Å²) >= 11 is 1.31. The number of hydrogen-bond acceptors (Lipinski definition) is 5. The van der Waals surface area contributed by atoms with Crippen molar-refractivity contribution in [2.24, 2.45) is 0 Å². The van der Waals surface area contributed by atoms with E-state index in [2.05, 4.69) is 10.6 Å².